The molecule has 104 valence electrons. The van der Waals surface area contributed by atoms with E-state index in [9.17, 15) is 9.18 Å². The Morgan fingerprint density at radius 1 is 1.35 bits per heavy atom. The lowest BCUT2D eigenvalue weighted by molar-refractivity contribution is 0.0594. The number of nitrogen functional groups attached to an aromatic ring is 1. The second kappa shape index (κ2) is 5.38. The summed E-state index contributed by atoms with van der Waals surface area (Å²) in [6.07, 6.45) is 0. The first-order chi connectivity index (χ1) is 9.43. The van der Waals surface area contributed by atoms with Crippen molar-refractivity contribution >= 4 is 23.4 Å². The van der Waals surface area contributed by atoms with Crippen LogP contribution in [0.25, 0.3) is 11.4 Å². The molecule has 0 atom stereocenters. The molecule has 0 unspecified atom stereocenters. The summed E-state index contributed by atoms with van der Waals surface area (Å²) in [4.78, 5) is 23.0. The molecule has 0 aliphatic rings. The number of pyridine rings is 1. The molecule has 0 saturated heterocycles. The second-order valence-corrected chi connectivity index (χ2v) is 4.26. The van der Waals surface area contributed by atoms with Crippen LogP contribution in [0.3, 0.4) is 0 Å². The minimum Gasteiger partial charge on any atom is -0.464 e. The van der Waals surface area contributed by atoms with Gasteiger partial charge in [-0.05, 0) is 19.1 Å². The number of nitrogens with zero attached hydrogens (tertiary/aromatic N) is 3. The molecular formula is C12H10ClFN4O2. The Bertz CT molecular complexity index is 693. The van der Waals surface area contributed by atoms with Crippen LogP contribution in [-0.4, -0.2) is 28.0 Å². The lowest BCUT2D eigenvalue weighted by Gasteiger charge is -2.08. The van der Waals surface area contributed by atoms with E-state index in [4.69, 9.17) is 17.3 Å². The number of rotatable bonds is 2. The SMILES string of the molecule is COC(=O)c1nc(-c2ccc(C)nc2F)nc(N)c1Cl. The van der Waals surface area contributed by atoms with Crippen LogP contribution in [0.2, 0.25) is 5.02 Å². The largest absolute Gasteiger partial charge is 0.464 e. The highest BCUT2D eigenvalue weighted by molar-refractivity contribution is 6.35. The van der Waals surface area contributed by atoms with Crippen LogP contribution in [0, 0.1) is 12.9 Å². The first-order valence-electron chi connectivity index (χ1n) is 5.49. The number of halogens is 2. The van der Waals surface area contributed by atoms with E-state index in [1.807, 2.05) is 0 Å². The predicted molar refractivity (Wildman–Crippen MR) is 70.7 cm³/mol. The molecule has 0 saturated carbocycles. The maximum Gasteiger partial charge on any atom is 0.358 e. The van der Waals surface area contributed by atoms with Crippen molar-refractivity contribution in [2.45, 2.75) is 6.92 Å². The van der Waals surface area contributed by atoms with Crippen molar-refractivity contribution in [1.82, 2.24) is 15.0 Å². The van der Waals surface area contributed by atoms with Crippen molar-refractivity contribution < 1.29 is 13.9 Å². The number of hydrogen-bond acceptors (Lipinski definition) is 6. The number of aromatic nitrogens is 3. The summed E-state index contributed by atoms with van der Waals surface area (Å²) in [6, 6.07) is 3.03. The molecule has 2 aromatic rings. The third-order valence-electron chi connectivity index (χ3n) is 2.48. The summed E-state index contributed by atoms with van der Waals surface area (Å²) in [6.45, 7) is 1.64. The zero-order valence-corrected chi connectivity index (χ0v) is 11.4. The summed E-state index contributed by atoms with van der Waals surface area (Å²) in [7, 11) is 1.17. The Labute approximate surface area is 118 Å². The monoisotopic (exact) mass is 296 g/mol. The van der Waals surface area contributed by atoms with E-state index in [1.165, 1.54) is 13.2 Å². The first-order valence-corrected chi connectivity index (χ1v) is 5.86. The molecule has 0 bridgehead atoms. The van der Waals surface area contributed by atoms with Crippen LogP contribution in [0.5, 0.6) is 0 Å². The number of nitrogens with two attached hydrogens (primary N) is 1. The highest BCUT2D eigenvalue weighted by Crippen LogP contribution is 2.26. The highest BCUT2D eigenvalue weighted by atomic mass is 35.5. The molecule has 0 aliphatic carbocycles. The molecule has 2 rings (SSSR count). The molecule has 20 heavy (non-hydrogen) atoms. The number of esters is 1. The van der Waals surface area contributed by atoms with E-state index < -0.39 is 11.9 Å². The Kier molecular flexibility index (Phi) is 3.80. The minimum atomic E-state index is -0.786. The number of hydrogen-bond donors (Lipinski definition) is 1. The van der Waals surface area contributed by atoms with Crippen LogP contribution >= 0.6 is 11.6 Å². The summed E-state index contributed by atoms with van der Waals surface area (Å²) in [5.74, 6) is -1.78. The normalized spacial score (nSPS) is 10.4. The van der Waals surface area contributed by atoms with Gasteiger partial charge in [0.05, 0.1) is 12.7 Å². The van der Waals surface area contributed by atoms with Crippen LogP contribution in [0.15, 0.2) is 12.1 Å². The van der Waals surface area contributed by atoms with Crippen molar-refractivity contribution in [2.75, 3.05) is 12.8 Å². The van der Waals surface area contributed by atoms with E-state index in [1.54, 1.807) is 13.0 Å². The maximum atomic E-state index is 13.8. The third-order valence-corrected chi connectivity index (χ3v) is 2.86. The van der Waals surface area contributed by atoms with Crippen LogP contribution in [-0.2, 0) is 4.74 Å². The number of carbonyl (C=O) groups excluding carboxylic acids is 1. The fourth-order valence-corrected chi connectivity index (χ4v) is 1.67. The van der Waals surface area contributed by atoms with Crippen molar-refractivity contribution in [3.05, 3.63) is 34.5 Å². The van der Waals surface area contributed by atoms with Crippen LogP contribution in [0.1, 0.15) is 16.2 Å². The Morgan fingerprint density at radius 3 is 2.65 bits per heavy atom. The van der Waals surface area contributed by atoms with Crippen molar-refractivity contribution in [3.8, 4) is 11.4 Å². The third kappa shape index (κ3) is 2.53. The van der Waals surface area contributed by atoms with Gasteiger partial charge in [0.15, 0.2) is 11.5 Å². The van der Waals surface area contributed by atoms with E-state index >= 15 is 0 Å². The van der Waals surface area contributed by atoms with Crippen molar-refractivity contribution in [3.63, 3.8) is 0 Å². The average molecular weight is 297 g/mol. The topological polar surface area (TPSA) is 91.0 Å². The van der Waals surface area contributed by atoms with E-state index in [2.05, 4.69) is 19.7 Å². The molecule has 6 nitrogen and oxygen atoms in total. The second-order valence-electron chi connectivity index (χ2n) is 3.88. The summed E-state index contributed by atoms with van der Waals surface area (Å²) >= 11 is 5.83. The van der Waals surface area contributed by atoms with Crippen LogP contribution < -0.4 is 5.73 Å². The van der Waals surface area contributed by atoms with E-state index in [0.717, 1.165) is 0 Å². The van der Waals surface area contributed by atoms with Gasteiger partial charge >= 0.3 is 5.97 Å². The first kappa shape index (κ1) is 14.1. The molecule has 2 heterocycles. The lowest BCUT2D eigenvalue weighted by Crippen LogP contribution is -2.10. The predicted octanol–water partition coefficient (Wildman–Crippen LogP) is 2.01. The zero-order valence-electron chi connectivity index (χ0n) is 10.6. The fraction of sp³-hybridized carbons (Fsp3) is 0.167. The van der Waals surface area contributed by atoms with Gasteiger partial charge in [-0.2, -0.15) is 4.39 Å². The highest BCUT2D eigenvalue weighted by Gasteiger charge is 2.20. The number of anilines is 1. The number of aryl methyl sites for hydroxylation is 1. The van der Waals surface area contributed by atoms with Gasteiger partial charge in [-0.3, -0.25) is 0 Å². The van der Waals surface area contributed by atoms with Gasteiger partial charge in [0.2, 0.25) is 5.95 Å². The minimum absolute atomic E-state index is 0.0177. The van der Waals surface area contributed by atoms with Crippen molar-refractivity contribution in [1.29, 1.82) is 0 Å². The van der Waals surface area contributed by atoms with Gasteiger partial charge in [-0.25, -0.2) is 19.7 Å². The Balaban J connectivity index is 2.63. The summed E-state index contributed by atoms with van der Waals surface area (Å²) in [5, 5.41) is -0.138. The molecule has 0 spiro atoms. The van der Waals surface area contributed by atoms with Crippen molar-refractivity contribution in [2.24, 2.45) is 0 Å². The lowest BCUT2D eigenvalue weighted by atomic mass is 10.2. The molecule has 2 aromatic heterocycles. The van der Waals surface area contributed by atoms with E-state index in [0.29, 0.717) is 5.69 Å². The Morgan fingerprint density at radius 2 is 2.05 bits per heavy atom. The van der Waals surface area contributed by atoms with Gasteiger partial charge in [0, 0.05) is 5.69 Å². The van der Waals surface area contributed by atoms with Gasteiger partial charge in [-0.15, -0.1) is 0 Å². The summed E-state index contributed by atoms with van der Waals surface area (Å²) < 4.78 is 18.3. The smallest absolute Gasteiger partial charge is 0.358 e. The molecule has 0 radical (unpaired) electrons. The maximum absolute atomic E-state index is 13.8. The zero-order chi connectivity index (χ0) is 14.9. The van der Waals surface area contributed by atoms with Gasteiger partial charge in [0.25, 0.3) is 0 Å². The quantitative estimate of drug-likeness (QED) is 0.673. The molecule has 2 N–H and O–H groups in total. The standard InChI is InChI=1S/C12H10ClFN4O2/c1-5-3-4-6(9(14)16-5)11-17-8(12(19)20-2)7(13)10(15)18-11/h3-4H,1-2H3,(H2,15,17,18). The molecule has 8 heteroatoms. The average Bonchev–Trinajstić information content (AvgIpc) is 2.41. The van der Waals surface area contributed by atoms with E-state index in [-0.39, 0.29) is 27.9 Å². The summed E-state index contributed by atoms with van der Waals surface area (Å²) in [5.41, 5.74) is 5.89. The molecule has 0 amide bonds. The number of carbonyl (C=O) groups is 1. The molecule has 0 aliphatic heterocycles. The molecule has 0 fully saturated rings. The fourth-order valence-electron chi connectivity index (χ4n) is 1.51. The molecular weight excluding hydrogens is 287 g/mol. The number of methoxy groups -OCH3 is 1. The van der Waals surface area contributed by atoms with Gasteiger partial charge in [0.1, 0.15) is 10.8 Å². The number of ether oxygens (including phenoxy) is 1. The molecule has 0 aromatic carbocycles. The van der Waals surface area contributed by atoms with Gasteiger partial charge in [-0.1, -0.05) is 11.6 Å². The van der Waals surface area contributed by atoms with Crippen LogP contribution in [0.4, 0.5) is 10.2 Å². The van der Waals surface area contributed by atoms with Gasteiger partial charge < -0.3 is 10.5 Å². The Hall–Kier alpha value is -2.28.